The quantitative estimate of drug-likeness (QED) is 0.805. The number of fused-ring (bicyclic) bond motifs is 1. The van der Waals surface area contributed by atoms with Crippen LogP contribution in [0, 0.1) is 5.92 Å². The Hall–Kier alpha value is -2.63. The Morgan fingerprint density at radius 3 is 2.88 bits per heavy atom. The van der Waals surface area contributed by atoms with Gasteiger partial charge in [-0.15, -0.1) is 0 Å². The molecular formula is C19H21N3O3. The van der Waals surface area contributed by atoms with Gasteiger partial charge in [0.25, 0.3) is 0 Å². The third-order valence-corrected chi connectivity index (χ3v) is 5.18. The van der Waals surface area contributed by atoms with Gasteiger partial charge in [-0.2, -0.15) is 5.10 Å². The maximum atomic E-state index is 13.0. The van der Waals surface area contributed by atoms with Crippen LogP contribution in [0.1, 0.15) is 40.2 Å². The van der Waals surface area contributed by atoms with Crippen LogP contribution < -0.4 is 4.90 Å². The van der Waals surface area contributed by atoms with Crippen molar-refractivity contribution in [1.29, 1.82) is 0 Å². The number of nitrogens with zero attached hydrogens (tertiary/aromatic N) is 3. The average Bonchev–Trinajstić information content (AvgIpc) is 3.33. The van der Waals surface area contributed by atoms with Gasteiger partial charge in [-0.25, -0.2) is 4.79 Å². The fraction of sp³-hybridized carbons (Fsp3) is 0.421. The van der Waals surface area contributed by atoms with Crippen LogP contribution in [0.15, 0.2) is 30.6 Å². The second kappa shape index (κ2) is 6.02. The fourth-order valence-corrected chi connectivity index (χ4v) is 3.82. The van der Waals surface area contributed by atoms with Crippen molar-refractivity contribution in [3.05, 3.63) is 47.3 Å². The number of esters is 1. The molecule has 2 heterocycles. The van der Waals surface area contributed by atoms with Gasteiger partial charge in [0, 0.05) is 31.4 Å². The topological polar surface area (TPSA) is 64.4 Å². The lowest BCUT2D eigenvalue weighted by Crippen LogP contribution is -2.37. The van der Waals surface area contributed by atoms with E-state index >= 15 is 0 Å². The molecule has 0 N–H and O–H groups in total. The summed E-state index contributed by atoms with van der Waals surface area (Å²) in [6, 6.07) is 5.52. The summed E-state index contributed by atoms with van der Waals surface area (Å²) in [4.78, 5) is 26.9. The first-order valence-electron chi connectivity index (χ1n) is 8.60. The van der Waals surface area contributed by atoms with Crippen LogP contribution in [-0.4, -0.2) is 35.3 Å². The third-order valence-electron chi connectivity index (χ3n) is 5.18. The van der Waals surface area contributed by atoms with E-state index in [1.54, 1.807) is 10.7 Å². The van der Waals surface area contributed by atoms with Gasteiger partial charge in [-0.3, -0.25) is 9.48 Å². The lowest BCUT2D eigenvalue weighted by Gasteiger charge is -2.30. The smallest absolute Gasteiger partial charge is 0.338 e. The maximum Gasteiger partial charge on any atom is 0.338 e. The minimum atomic E-state index is -0.342. The number of benzene rings is 1. The van der Waals surface area contributed by atoms with E-state index in [1.807, 2.05) is 36.5 Å². The molecule has 130 valence electrons. The molecule has 2 aromatic rings. The van der Waals surface area contributed by atoms with E-state index in [2.05, 4.69) is 5.10 Å². The molecule has 0 bridgehead atoms. The minimum Gasteiger partial charge on any atom is -0.465 e. The zero-order valence-electron chi connectivity index (χ0n) is 14.4. The molecule has 1 saturated carbocycles. The number of anilines is 1. The summed E-state index contributed by atoms with van der Waals surface area (Å²) in [5.41, 5.74) is 3.47. The normalized spacial score (nSPS) is 21.6. The Balaban J connectivity index is 1.59. The van der Waals surface area contributed by atoms with E-state index in [9.17, 15) is 9.59 Å². The molecule has 25 heavy (non-hydrogen) atoms. The number of methoxy groups -OCH3 is 1. The molecule has 0 saturated heterocycles. The van der Waals surface area contributed by atoms with Gasteiger partial charge < -0.3 is 9.64 Å². The Labute approximate surface area is 146 Å². The summed E-state index contributed by atoms with van der Waals surface area (Å²) >= 11 is 0. The van der Waals surface area contributed by atoms with Crippen LogP contribution in [0.4, 0.5) is 5.69 Å². The molecule has 4 rings (SSSR count). The lowest BCUT2D eigenvalue weighted by molar-refractivity contribution is -0.120. The molecule has 2 unspecified atom stereocenters. The molecule has 6 heteroatoms. The Morgan fingerprint density at radius 1 is 1.32 bits per heavy atom. The van der Waals surface area contributed by atoms with E-state index in [-0.39, 0.29) is 23.7 Å². The second-order valence-corrected chi connectivity index (χ2v) is 6.78. The van der Waals surface area contributed by atoms with Crippen LogP contribution in [0.3, 0.4) is 0 Å². The van der Waals surface area contributed by atoms with Gasteiger partial charge in [0.1, 0.15) is 0 Å². The summed E-state index contributed by atoms with van der Waals surface area (Å²) in [5.74, 6) is 0.0786. The van der Waals surface area contributed by atoms with Crippen molar-refractivity contribution in [3.63, 3.8) is 0 Å². The van der Waals surface area contributed by atoms with Crippen molar-refractivity contribution in [3.8, 4) is 0 Å². The van der Waals surface area contributed by atoms with Crippen LogP contribution in [-0.2, 0) is 23.0 Å². The molecule has 1 aliphatic heterocycles. The first-order valence-corrected chi connectivity index (χ1v) is 8.60. The predicted octanol–water partition coefficient (Wildman–Crippen LogP) is 2.29. The van der Waals surface area contributed by atoms with Crippen molar-refractivity contribution < 1.29 is 14.3 Å². The number of rotatable bonds is 3. The zero-order chi connectivity index (χ0) is 17.6. The molecule has 0 spiro atoms. The molecule has 0 radical (unpaired) electrons. The molecule has 2 aliphatic rings. The van der Waals surface area contributed by atoms with Gasteiger partial charge >= 0.3 is 5.97 Å². The molecular weight excluding hydrogens is 318 g/mol. The number of hydrogen-bond donors (Lipinski definition) is 0. The van der Waals surface area contributed by atoms with Crippen LogP contribution in [0.25, 0.3) is 0 Å². The first-order chi connectivity index (χ1) is 12.1. The Kier molecular flexibility index (Phi) is 3.82. The summed E-state index contributed by atoms with van der Waals surface area (Å²) in [5, 5.41) is 4.20. The van der Waals surface area contributed by atoms with E-state index in [0.717, 1.165) is 36.1 Å². The fourth-order valence-electron chi connectivity index (χ4n) is 3.82. The minimum absolute atomic E-state index is 0.0110. The average molecular weight is 339 g/mol. The molecule has 6 nitrogen and oxygen atoms in total. The molecule has 1 aromatic heterocycles. The van der Waals surface area contributed by atoms with E-state index in [0.29, 0.717) is 12.1 Å². The zero-order valence-corrected chi connectivity index (χ0v) is 14.4. The largest absolute Gasteiger partial charge is 0.465 e. The van der Waals surface area contributed by atoms with E-state index < -0.39 is 0 Å². The highest BCUT2D eigenvalue weighted by Crippen LogP contribution is 2.49. The first kappa shape index (κ1) is 15.9. The third kappa shape index (κ3) is 2.71. The van der Waals surface area contributed by atoms with Crippen molar-refractivity contribution >= 4 is 17.6 Å². The van der Waals surface area contributed by atoms with Crippen molar-refractivity contribution in [2.45, 2.75) is 25.2 Å². The van der Waals surface area contributed by atoms with Crippen molar-refractivity contribution in [1.82, 2.24) is 9.78 Å². The predicted molar refractivity (Wildman–Crippen MR) is 92.5 cm³/mol. The second-order valence-electron chi connectivity index (χ2n) is 6.78. The maximum absolute atomic E-state index is 13.0. The molecule has 1 amide bonds. The lowest BCUT2D eigenvalue weighted by atomic mass is 9.95. The number of hydrogen-bond acceptors (Lipinski definition) is 4. The Bertz CT molecular complexity index is 842. The van der Waals surface area contributed by atoms with Gasteiger partial charge in [0.2, 0.25) is 5.91 Å². The van der Waals surface area contributed by atoms with Gasteiger partial charge in [0.05, 0.1) is 18.9 Å². The number of aromatic nitrogens is 2. The summed E-state index contributed by atoms with van der Waals surface area (Å²) in [6.07, 6.45) is 6.35. The molecule has 1 fully saturated rings. The van der Waals surface area contributed by atoms with Gasteiger partial charge in [-0.1, -0.05) is 6.07 Å². The number of carbonyl (C=O) groups excluding carboxylic acids is 2. The number of carbonyl (C=O) groups is 2. The van der Waals surface area contributed by atoms with Crippen LogP contribution >= 0.6 is 0 Å². The standard InChI is InChI=1S/C19H21N3O3/c1-21-11-12(10-20-21)15-9-16(15)18(23)22-8-4-6-13-14(19(24)25-2)5-3-7-17(13)22/h3,5,7,10-11,15-16H,4,6,8-9H2,1-2H3. The van der Waals surface area contributed by atoms with Crippen molar-refractivity contribution in [2.75, 3.05) is 18.6 Å². The number of aryl methyl sites for hydroxylation is 1. The monoisotopic (exact) mass is 339 g/mol. The highest BCUT2D eigenvalue weighted by Gasteiger charge is 2.47. The van der Waals surface area contributed by atoms with E-state index in [4.69, 9.17) is 4.74 Å². The highest BCUT2D eigenvalue weighted by atomic mass is 16.5. The van der Waals surface area contributed by atoms with Crippen LogP contribution in [0.2, 0.25) is 0 Å². The highest BCUT2D eigenvalue weighted by molar-refractivity contribution is 6.01. The summed E-state index contributed by atoms with van der Waals surface area (Å²) in [7, 11) is 3.27. The summed E-state index contributed by atoms with van der Waals surface area (Å²) in [6.45, 7) is 0.701. The van der Waals surface area contributed by atoms with Crippen LogP contribution in [0.5, 0.6) is 0 Å². The number of ether oxygens (including phenoxy) is 1. The molecule has 1 aliphatic carbocycles. The Morgan fingerprint density at radius 2 is 2.16 bits per heavy atom. The summed E-state index contributed by atoms with van der Waals surface area (Å²) < 4.78 is 6.66. The van der Waals surface area contributed by atoms with Gasteiger partial charge in [-0.05, 0) is 48.4 Å². The number of amides is 1. The molecule has 2 atom stereocenters. The molecule has 1 aromatic carbocycles. The van der Waals surface area contributed by atoms with Gasteiger partial charge in [0.15, 0.2) is 0 Å². The van der Waals surface area contributed by atoms with E-state index in [1.165, 1.54) is 7.11 Å². The SMILES string of the molecule is COC(=O)c1cccc2c1CCCN2C(=O)C1CC1c1cnn(C)c1. The van der Waals surface area contributed by atoms with Crippen molar-refractivity contribution in [2.24, 2.45) is 13.0 Å².